The van der Waals surface area contributed by atoms with E-state index in [2.05, 4.69) is 25.7 Å². The minimum absolute atomic E-state index is 0.0713. The molecule has 1 atom stereocenters. The lowest BCUT2D eigenvalue weighted by molar-refractivity contribution is -0.131. The lowest BCUT2D eigenvalue weighted by Crippen LogP contribution is -2.61. The molecule has 6 rings (SSSR count). The van der Waals surface area contributed by atoms with E-state index in [9.17, 15) is 13.2 Å². The van der Waals surface area contributed by atoms with Gasteiger partial charge in [-0.05, 0) is 24.6 Å². The zero-order chi connectivity index (χ0) is 24.9. The molecule has 4 aromatic heterocycles. The molecule has 2 fully saturated rings. The van der Waals surface area contributed by atoms with Crippen LogP contribution in [0.4, 0.5) is 24.9 Å². The van der Waals surface area contributed by atoms with E-state index in [-0.39, 0.29) is 31.5 Å². The van der Waals surface area contributed by atoms with Gasteiger partial charge in [-0.3, -0.25) is 4.90 Å². The Bertz CT molecular complexity index is 1400. The van der Waals surface area contributed by atoms with Crippen LogP contribution in [0.3, 0.4) is 0 Å². The van der Waals surface area contributed by atoms with Crippen LogP contribution in [0, 0.1) is 0 Å². The Morgan fingerprint density at radius 1 is 1.19 bits per heavy atom. The maximum absolute atomic E-state index is 15.0. The van der Waals surface area contributed by atoms with Crippen LogP contribution < -0.4 is 10.6 Å². The van der Waals surface area contributed by atoms with Crippen LogP contribution in [0.25, 0.3) is 27.9 Å². The van der Waals surface area contributed by atoms with E-state index in [0.717, 1.165) is 5.56 Å². The van der Waals surface area contributed by atoms with Crippen molar-refractivity contribution in [3.05, 3.63) is 30.7 Å². The number of fused-ring (bicyclic) bond motifs is 2. The van der Waals surface area contributed by atoms with Gasteiger partial charge in [0.1, 0.15) is 17.7 Å². The zero-order valence-electron chi connectivity index (χ0n) is 19.7. The van der Waals surface area contributed by atoms with Crippen molar-refractivity contribution in [1.29, 1.82) is 0 Å². The minimum atomic E-state index is -2.93. The van der Waals surface area contributed by atoms with Crippen LogP contribution in [-0.4, -0.2) is 92.1 Å². The predicted molar refractivity (Wildman–Crippen MR) is 128 cm³/mol. The van der Waals surface area contributed by atoms with Crippen LogP contribution >= 0.6 is 0 Å². The van der Waals surface area contributed by atoms with Crippen molar-refractivity contribution < 1.29 is 17.9 Å². The summed E-state index contributed by atoms with van der Waals surface area (Å²) in [6.45, 7) is 0.906. The Morgan fingerprint density at radius 2 is 2.06 bits per heavy atom. The van der Waals surface area contributed by atoms with E-state index in [1.165, 1.54) is 0 Å². The normalized spacial score (nSPS) is 20.6. The molecule has 2 saturated heterocycles. The Balaban J connectivity index is 1.30. The first-order valence-electron chi connectivity index (χ1n) is 11.9. The van der Waals surface area contributed by atoms with E-state index in [4.69, 9.17) is 9.72 Å². The molecule has 0 radical (unpaired) electrons. The van der Waals surface area contributed by atoms with Gasteiger partial charge in [-0.15, -0.1) is 5.10 Å². The second kappa shape index (κ2) is 8.89. The van der Waals surface area contributed by atoms with E-state index < -0.39 is 18.6 Å². The molecular formula is C23H26F3N9O. The lowest BCUT2D eigenvalue weighted by Gasteiger charge is -2.44. The van der Waals surface area contributed by atoms with Gasteiger partial charge in [0.2, 0.25) is 5.95 Å². The number of hydrogen-bond donors (Lipinski definition) is 2. The van der Waals surface area contributed by atoms with E-state index in [0.29, 0.717) is 48.0 Å². The molecule has 2 N–H and O–H groups in total. The summed E-state index contributed by atoms with van der Waals surface area (Å²) < 4.78 is 51.3. The highest BCUT2D eigenvalue weighted by atomic mass is 19.3. The number of aromatic nitrogens is 6. The topological polar surface area (TPSA) is 97.4 Å². The number of ether oxygens (including phenoxy) is 1. The Morgan fingerprint density at radius 3 is 2.78 bits per heavy atom. The van der Waals surface area contributed by atoms with E-state index in [1.807, 2.05) is 18.2 Å². The standard InChI is InChI=1S/C23H26F3N9O/c1-27-20-19-15(16-2-3-17-21(29-16)34(9-6-24)13-28-17)4-8-35(19)32-22(31-20)30-18-5-7-33(12-23(18,25)26)14-10-36-11-14/h2-4,8,13-14,18H,5-7,9-12H2,1H3,(H2,27,30,31,32). The highest BCUT2D eigenvalue weighted by Crippen LogP contribution is 2.33. The molecule has 190 valence electrons. The highest BCUT2D eigenvalue weighted by Gasteiger charge is 2.47. The van der Waals surface area contributed by atoms with Gasteiger partial charge < -0.3 is 19.9 Å². The number of alkyl halides is 3. The first kappa shape index (κ1) is 23.0. The van der Waals surface area contributed by atoms with Gasteiger partial charge in [-0.25, -0.2) is 27.7 Å². The molecule has 0 amide bonds. The third-order valence-electron chi connectivity index (χ3n) is 6.88. The molecule has 0 aromatic carbocycles. The summed E-state index contributed by atoms with van der Waals surface area (Å²) in [4.78, 5) is 15.3. The Kier molecular flexibility index (Phi) is 5.67. The molecule has 0 spiro atoms. The zero-order valence-corrected chi connectivity index (χ0v) is 19.7. The van der Waals surface area contributed by atoms with Crippen molar-refractivity contribution >= 4 is 28.4 Å². The number of nitrogens with zero attached hydrogens (tertiary/aromatic N) is 7. The average molecular weight is 502 g/mol. The second-order valence-electron chi connectivity index (χ2n) is 9.13. The summed E-state index contributed by atoms with van der Waals surface area (Å²) in [7, 11) is 1.71. The maximum atomic E-state index is 15.0. The molecule has 36 heavy (non-hydrogen) atoms. The molecule has 4 aromatic rings. The van der Waals surface area contributed by atoms with Crippen LogP contribution in [0.2, 0.25) is 0 Å². The molecule has 2 aliphatic heterocycles. The third kappa shape index (κ3) is 3.91. The van der Waals surface area contributed by atoms with Gasteiger partial charge in [0.05, 0.1) is 50.4 Å². The Labute approximate surface area is 204 Å². The van der Waals surface area contributed by atoms with E-state index in [1.54, 1.807) is 33.6 Å². The van der Waals surface area contributed by atoms with Crippen molar-refractivity contribution in [3.8, 4) is 11.3 Å². The smallest absolute Gasteiger partial charge is 0.280 e. The number of nitrogens with one attached hydrogen (secondary N) is 2. The fourth-order valence-corrected chi connectivity index (χ4v) is 4.86. The summed E-state index contributed by atoms with van der Waals surface area (Å²) in [6, 6.07) is 4.49. The quantitative estimate of drug-likeness (QED) is 0.399. The van der Waals surface area contributed by atoms with Crippen molar-refractivity contribution in [2.75, 3.05) is 50.7 Å². The summed E-state index contributed by atoms with van der Waals surface area (Å²) in [5, 5.41) is 10.4. The number of likely N-dealkylation sites (tertiary alicyclic amines) is 1. The molecule has 10 nitrogen and oxygen atoms in total. The summed E-state index contributed by atoms with van der Waals surface area (Å²) in [5.74, 6) is -2.35. The molecular weight excluding hydrogens is 475 g/mol. The number of halogens is 3. The van der Waals surface area contributed by atoms with Gasteiger partial charge in [0.25, 0.3) is 5.92 Å². The highest BCUT2D eigenvalue weighted by molar-refractivity contribution is 5.89. The molecule has 6 heterocycles. The average Bonchev–Trinajstić information content (AvgIpc) is 3.43. The van der Waals surface area contributed by atoms with Gasteiger partial charge in [0.15, 0.2) is 11.5 Å². The fraction of sp³-hybridized carbons (Fsp3) is 0.478. The second-order valence-corrected chi connectivity index (χ2v) is 9.13. The number of anilines is 2. The number of pyridine rings is 1. The molecule has 0 aliphatic carbocycles. The van der Waals surface area contributed by atoms with Gasteiger partial charge in [-0.2, -0.15) is 4.98 Å². The largest absolute Gasteiger partial charge is 0.378 e. The van der Waals surface area contributed by atoms with Crippen LogP contribution in [0.15, 0.2) is 30.7 Å². The first-order valence-corrected chi connectivity index (χ1v) is 11.9. The molecule has 0 bridgehead atoms. The first-order chi connectivity index (χ1) is 17.5. The minimum Gasteiger partial charge on any atom is -0.378 e. The summed E-state index contributed by atoms with van der Waals surface area (Å²) in [5.41, 5.74) is 3.30. The van der Waals surface area contributed by atoms with Gasteiger partial charge in [0, 0.05) is 25.4 Å². The predicted octanol–water partition coefficient (Wildman–Crippen LogP) is 2.67. The SMILES string of the molecule is CNc1nc(NC2CCN(C3COC3)CC2(F)F)nn2ccc(-c3ccc4ncn(CCF)c4n3)c12. The van der Waals surface area contributed by atoms with Gasteiger partial charge >= 0.3 is 0 Å². The van der Waals surface area contributed by atoms with Crippen molar-refractivity contribution in [1.82, 2.24) is 34.0 Å². The fourth-order valence-electron chi connectivity index (χ4n) is 4.86. The number of imidazole rings is 1. The van der Waals surface area contributed by atoms with Crippen LogP contribution in [0.1, 0.15) is 6.42 Å². The van der Waals surface area contributed by atoms with Gasteiger partial charge in [-0.1, -0.05) is 0 Å². The molecule has 1 unspecified atom stereocenters. The number of rotatable bonds is 7. The number of piperidine rings is 1. The summed E-state index contributed by atoms with van der Waals surface area (Å²) in [6.07, 6.45) is 3.58. The molecule has 13 heteroatoms. The number of hydrogen-bond acceptors (Lipinski definition) is 8. The van der Waals surface area contributed by atoms with Crippen LogP contribution in [0.5, 0.6) is 0 Å². The van der Waals surface area contributed by atoms with Crippen molar-refractivity contribution in [3.63, 3.8) is 0 Å². The molecule has 0 saturated carbocycles. The molecule has 2 aliphatic rings. The number of aryl methyl sites for hydroxylation is 1. The summed E-state index contributed by atoms with van der Waals surface area (Å²) >= 11 is 0. The van der Waals surface area contributed by atoms with Crippen molar-refractivity contribution in [2.45, 2.75) is 31.0 Å². The van der Waals surface area contributed by atoms with Crippen molar-refractivity contribution in [2.24, 2.45) is 0 Å². The Hall–Kier alpha value is -3.45. The van der Waals surface area contributed by atoms with E-state index >= 15 is 0 Å². The monoisotopic (exact) mass is 501 g/mol. The van der Waals surface area contributed by atoms with Crippen LogP contribution in [-0.2, 0) is 11.3 Å². The maximum Gasteiger partial charge on any atom is 0.280 e. The third-order valence-corrected chi connectivity index (χ3v) is 6.88. The lowest BCUT2D eigenvalue weighted by atomic mass is 9.98.